The molecule has 0 spiro atoms. The van der Waals surface area contributed by atoms with Crippen molar-refractivity contribution in [3.63, 3.8) is 0 Å². The van der Waals surface area contributed by atoms with E-state index in [1.54, 1.807) is 0 Å². The van der Waals surface area contributed by atoms with Crippen LogP contribution in [0.2, 0.25) is 0 Å². The summed E-state index contributed by atoms with van der Waals surface area (Å²) in [7, 11) is 0. The SMILES string of the molecule is N#Cc1cc(N2CCCN(CC(=O)N3CCCC3)CC2)c2ccccc2n1. The van der Waals surface area contributed by atoms with Crippen LogP contribution >= 0.6 is 0 Å². The van der Waals surface area contributed by atoms with Crippen LogP contribution in [0.4, 0.5) is 5.69 Å². The van der Waals surface area contributed by atoms with Gasteiger partial charge in [-0.2, -0.15) is 5.26 Å². The van der Waals surface area contributed by atoms with E-state index in [0.717, 1.165) is 75.1 Å². The lowest BCUT2D eigenvalue weighted by Gasteiger charge is -2.25. The molecule has 1 aromatic heterocycles. The first-order valence-electron chi connectivity index (χ1n) is 9.79. The molecule has 2 aromatic rings. The lowest BCUT2D eigenvalue weighted by atomic mass is 10.1. The summed E-state index contributed by atoms with van der Waals surface area (Å²) in [6, 6.07) is 12.1. The maximum Gasteiger partial charge on any atom is 0.236 e. The molecule has 27 heavy (non-hydrogen) atoms. The molecule has 0 unspecified atom stereocenters. The van der Waals surface area contributed by atoms with Crippen LogP contribution in [0.3, 0.4) is 0 Å². The number of rotatable bonds is 3. The molecular formula is C21H25N5O. The number of nitrogens with zero attached hydrogens (tertiary/aromatic N) is 5. The number of likely N-dealkylation sites (tertiary alicyclic amines) is 1. The zero-order chi connectivity index (χ0) is 18.6. The maximum absolute atomic E-state index is 12.5. The summed E-state index contributed by atoms with van der Waals surface area (Å²) >= 11 is 0. The van der Waals surface area contributed by atoms with Gasteiger partial charge in [0.15, 0.2) is 0 Å². The number of amides is 1. The Labute approximate surface area is 160 Å². The van der Waals surface area contributed by atoms with Crippen LogP contribution in [0.25, 0.3) is 10.9 Å². The minimum Gasteiger partial charge on any atom is -0.370 e. The zero-order valence-corrected chi connectivity index (χ0v) is 15.6. The molecule has 0 bridgehead atoms. The second kappa shape index (κ2) is 7.93. The summed E-state index contributed by atoms with van der Waals surface area (Å²) in [4.78, 5) is 23.5. The average Bonchev–Trinajstić information content (AvgIpc) is 3.15. The van der Waals surface area contributed by atoms with Gasteiger partial charge in [-0.1, -0.05) is 18.2 Å². The molecule has 0 saturated carbocycles. The molecule has 6 heteroatoms. The highest BCUT2D eigenvalue weighted by Gasteiger charge is 2.23. The van der Waals surface area contributed by atoms with Crippen molar-refractivity contribution in [1.29, 1.82) is 5.26 Å². The molecule has 2 saturated heterocycles. The van der Waals surface area contributed by atoms with Gasteiger partial charge in [0.05, 0.1) is 12.1 Å². The molecule has 4 rings (SSSR count). The van der Waals surface area contributed by atoms with E-state index in [-0.39, 0.29) is 5.91 Å². The molecule has 0 radical (unpaired) electrons. The maximum atomic E-state index is 12.5. The molecule has 1 aromatic carbocycles. The second-order valence-corrected chi connectivity index (χ2v) is 7.36. The Hall–Kier alpha value is -2.65. The third-order valence-electron chi connectivity index (χ3n) is 5.56. The van der Waals surface area contributed by atoms with E-state index in [4.69, 9.17) is 0 Å². The molecule has 140 valence electrons. The first-order chi connectivity index (χ1) is 13.2. The fourth-order valence-corrected chi connectivity index (χ4v) is 4.10. The topological polar surface area (TPSA) is 63.5 Å². The van der Waals surface area contributed by atoms with Gasteiger partial charge in [0.1, 0.15) is 11.8 Å². The third kappa shape index (κ3) is 3.88. The Morgan fingerprint density at radius 1 is 1.04 bits per heavy atom. The number of nitriles is 1. The van der Waals surface area contributed by atoms with Gasteiger partial charge in [0, 0.05) is 50.3 Å². The molecule has 0 N–H and O–H groups in total. The van der Waals surface area contributed by atoms with Crippen molar-refractivity contribution in [2.45, 2.75) is 19.3 Å². The Balaban J connectivity index is 1.49. The number of hydrogen-bond donors (Lipinski definition) is 0. The first-order valence-corrected chi connectivity index (χ1v) is 9.79. The Bertz CT molecular complexity index is 868. The van der Waals surface area contributed by atoms with Crippen LogP contribution in [0.1, 0.15) is 25.0 Å². The zero-order valence-electron chi connectivity index (χ0n) is 15.6. The molecule has 0 aliphatic carbocycles. The summed E-state index contributed by atoms with van der Waals surface area (Å²) in [6.07, 6.45) is 3.28. The summed E-state index contributed by atoms with van der Waals surface area (Å²) < 4.78 is 0. The Morgan fingerprint density at radius 3 is 2.67 bits per heavy atom. The second-order valence-electron chi connectivity index (χ2n) is 7.36. The summed E-state index contributed by atoms with van der Waals surface area (Å²) in [6.45, 7) is 5.92. The van der Waals surface area contributed by atoms with Crippen molar-refractivity contribution in [3.05, 3.63) is 36.0 Å². The molecule has 2 fully saturated rings. The van der Waals surface area contributed by atoms with Gasteiger partial charge in [0.2, 0.25) is 5.91 Å². The number of carbonyl (C=O) groups is 1. The molecule has 3 heterocycles. The number of carbonyl (C=O) groups excluding carboxylic acids is 1. The Kier molecular flexibility index (Phi) is 5.21. The van der Waals surface area contributed by atoms with Crippen molar-refractivity contribution in [3.8, 4) is 6.07 Å². The van der Waals surface area contributed by atoms with Gasteiger partial charge < -0.3 is 9.80 Å². The van der Waals surface area contributed by atoms with Crippen molar-refractivity contribution < 1.29 is 4.79 Å². The van der Waals surface area contributed by atoms with Crippen LogP contribution < -0.4 is 4.90 Å². The molecule has 1 amide bonds. The lowest BCUT2D eigenvalue weighted by Crippen LogP contribution is -2.40. The predicted molar refractivity (Wildman–Crippen MR) is 106 cm³/mol. The molecule has 0 atom stereocenters. The van der Waals surface area contributed by atoms with E-state index in [2.05, 4.69) is 26.9 Å². The van der Waals surface area contributed by atoms with Crippen molar-refractivity contribution in [1.82, 2.24) is 14.8 Å². The van der Waals surface area contributed by atoms with Crippen LogP contribution in [0, 0.1) is 11.3 Å². The monoisotopic (exact) mass is 363 g/mol. The molecular weight excluding hydrogens is 338 g/mol. The van der Waals surface area contributed by atoms with E-state index in [1.165, 1.54) is 0 Å². The largest absolute Gasteiger partial charge is 0.370 e. The van der Waals surface area contributed by atoms with Crippen LogP contribution in [-0.2, 0) is 4.79 Å². The molecule has 2 aliphatic rings. The van der Waals surface area contributed by atoms with Gasteiger partial charge >= 0.3 is 0 Å². The van der Waals surface area contributed by atoms with Gasteiger partial charge in [0.25, 0.3) is 0 Å². The van der Waals surface area contributed by atoms with Crippen LogP contribution in [0.5, 0.6) is 0 Å². The highest BCUT2D eigenvalue weighted by atomic mass is 16.2. The number of pyridine rings is 1. The number of benzene rings is 1. The Morgan fingerprint density at radius 2 is 1.85 bits per heavy atom. The minimum atomic E-state index is 0.266. The number of aromatic nitrogens is 1. The van der Waals surface area contributed by atoms with E-state index in [0.29, 0.717) is 12.2 Å². The van der Waals surface area contributed by atoms with Crippen LogP contribution in [0.15, 0.2) is 30.3 Å². The lowest BCUT2D eigenvalue weighted by molar-refractivity contribution is -0.131. The summed E-state index contributed by atoms with van der Waals surface area (Å²) in [5, 5.41) is 10.4. The van der Waals surface area contributed by atoms with Crippen LogP contribution in [-0.4, -0.2) is 66.5 Å². The van der Waals surface area contributed by atoms with Crippen molar-refractivity contribution >= 4 is 22.5 Å². The van der Waals surface area contributed by atoms with Gasteiger partial charge in [-0.05, 0) is 31.4 Å². The van der Waals surface area contributed by atoms with Crippen molar-refractivity contribution in [2.75, 3.05) is 50.7 Å². The standard InChI is InChI=1S/C21H25N5O/c22-15-17-14-20(18-6-1-2-7-19(18)23-17)25-11-5-8-24(12-13-25)16-21(27)26-9-3-4-10-26/h1-2,6-7,14H,3-5,8-13,16H2. The molecule has 6 nitrogen and oxygen atoms in total. The van der Waals surface area contributed by atoms with Gasteiger partial charge in [-0.25, -0.2) is 4.98 Å². The summed E-state index contributed by atoms with van der Waals surface area (Å²) in [5.74, 6) is 0.266. The number of para-hydroxylation sites is 1. The van der Waals surface area contributed by atoms with Gasteiger partial charge in [-0.15, -0.1) is 0 Å². The van der Waals surface area contributed by atoms with E-state index in [9.17, 15) is 10.1 Å². The number of anilines is 1. The number of fused-ring (bicyclic) bond motifs is 1. The fraction of sp³-hybridized carbons (Fsp3) is 0.476. The number of hydrogen-bond acceptors (Lipinski definition) is 5. The quantitative estimate of drug-likeness (QED) is 0.837. The highest BCUT2D eigenvalue weighted by Crippen LogP contribution is 2.27. The average molecular weight is 363 g/mol. The summed E-state index contributed by atoms with van der Waals surface area (Å²) in [5.41, 5.74) is 2.38. The predicted octanol–water partition coefficient (Wildman–Crippen LogP) is 2.24. The minimum absolute atomic E-state index is 0.266. The normalized spacial score (nSPS) is 18.5. The van der Waals surface area contributed by atoms with Crippen molar-refractivity contribution in [2.24, 2.45) is 0 Å². The fourth-order valence-electron chi connectivity index (χ4n) is 4.10. The van der Waals surface area contributed by atoms with E-state index < -0.39 is 0 Å². The van der Waals surface area contributed by atoms with E-state index in [1.807, 2.05) is 29.2 Å². The molecule has 2 aliphatic heterocycles. The first kappa shape index (κ1) is 17.7. The highest BCUT2D eigenvalue weighted by molar-refractivity contribution is 5.92. The third-order valence-corrected chi connectivity index (χ3v) is 5.56. The van der Waals surface area contributed by atoms with Gasteiger partial charge in [-0.3, -0.25) is 9.69 Å². The van der Waals surface area contributed by atoms with E-state index >= 15 is 0 Å². The smallest absolute Gasteiger partial charge is 0.236 e.